The van der Waals surface area contributed by atoms with E-state index in [4.69, 9.17) is 0 Å². The first-order chi connectivity index (χ1) is 10.6. The minimum atomic E-state index is -0.0617. The van der Waals surface area contributed by atoms with Gasteiger partial charge in [0.1, 0.15) is 0 Å². The van der Waals surface area contributed by atoms with Gasteiger partial charge in [-0.15, -0.1) is 0 Å². The van der Waals surface area contributed by atoms with E-state index in [9.17, 15) is 4.79 Å². The summed E-state index contributed by atoms with van der Waals surface area (Å²) in [6.45, 7) is 6.25. The molecular formula is C17H24N4O. The molecule has 1 aliphatic heterocycles. The number of carbonyl (C=O) groups is 1. The molecule has 22 heavy (non-hydrogen) atoms. The molecule has 1 fully saturated rings. The number of nitrogens with zero attached hydrogens (tertiary/aromatic N) is 3. The molecule has 1 N–H and O–H groups in total. The summed E-state index contributed by atoms with van der Waals surface area (Å²) in [6, 6.07) is 10.0. The predicted molar refractivity (Wildman–Crippen MR) is 90.7 cm³/mol. The van der Waals surface area contributed by atoms with Crippen LogP contribution in [0.25, 0.3) is 6.08 Å². The Labute approximate surface area is 132 Å². The summed E-state index contributed by atoms with van der Waals surface area (Å²) in [4.78, 5) is 16.3. The summed E-state index contributed by atoms with van der Waals surface area (Å²) in [6.07, 6.45) is 3.70. The molecule has 1 aromatic rings. The first kappa shape index (κ1) is 16.4. The fourth-order valence-electron chi connectivity index (χ4n) is 2.30. The summed E-state index contributed by atoms with van der Waals surface area (Å²) in [7, 11) is 2.10. The summed E-state index contributed by atoms with van der Waals surface area (Å²) in [5.41, 5.74) is 4.70. The van der Waals surface area contributed by atoms with Crippen molar-refractivity contribution < 1.29 is 4.79 Å². The Bertz CT molecular complexity index is 531. The van der Waals surface area contributed by atoms with Crippen molar-refractivity contribution in [3.8, 4) is 0 Å². The van der Waals surface area contributed by atoms with Crippen molar-refractivity contribution in [1.29, 1.82) is 0 Å². The average Bonchev–Trinajstić information content (AvgIpc) is 2.50. The van der Waals surface area contributed by atoms with Crippen LogP contribution in [0.15, 0.2) is 41.0 Å². The maximum Gasteiger partial charge on any atom is 0.254 e. The summed E-state index contributed by atoms with van der Waals surface area (Å²) < 4.78 is 0. The number of amides is 1. The van der Waals surface area contributed by atoms with E-state index in [-0.39, 0.29) is 5.91 Å². The van der Waals surface area contributed by atoms with Gasteiger partial charge in [0.05, 0.1) is 12.8 Å². The molecule has 1 heterocycles. The number of hydrogen-bond acceptors (Lipinski definition) is 4. The standard InChI is InChI=1S/C17H24N4O/c1-15(12-16-6-4-3-5-7-16)13-18-19-17(22)14-21-10-8-20(2)9-11-21/h3-7,12-13H,8-11,14H2,1-2H3,(H,19,22)/b15-12+,18-13+. The largest absolute Gasteiger partial charge is 0.304 e. The first-order valence-corrected chi connectivity index (χ1v) is 7.59. The lowest BCUT2D eigenvalue weighted by Crippen LogP contribution is -2.47. The highest BCUT2D eigenvalue weighted by molar-refractivity contribution is 5.86. The second kappa shape index (κ2) is 8.46. The summed E-state index contributed by atoms with van der Waals surface area (Å²) in [5, 5.41) is 4.02. The molecule has 0 bridgehead atoms. The topological polar surface area (TPSA) is 47.9 Å². The predicted octanol–water partition coefficient (Wildman–Crippen LogP) is 1.44. The number of allylic oxidation sites excluding steroid dienone is 1. The van der Waals surface area contributed by atoms with E-state index >= 15 is 0 Å². The third kappa shape index (κ3) is 5.79. The van der Waals surface area contributed by atoms with Gasteiger partial charge in [-0.25, -0.2) is 5.43 Å². The lowest BCUT2D eigenvalue weighted by molar-refractivity contribution is -0.122. The van der Waals surface area contributed by atoms with Crippen LogP contribution in [0.4, 0.5) is 0 Å². The van der Waals surface area contributed by atoms with E-state index in [1.54, 1.807) is 6.21 Å². The molecule has 0 atom stereocenters. The third-order valence-corrected chi connectivity index (χ3v) is 3.61. The zero-order chi connectivity index (χ0) is 15.8. The maximum absolute atomic E-state index is 11.8. The fraction of sp³-hybridized carbons (Fsp3) is 0.412. The maximum atomic E-state index is 11.8. The Balaban J connectivity index is 1.74. The number of hydrogen-bond donors (Lipinski definition) is 1. The van der Waals surface area contributed by atoms with E-state index in [1.807, 2.05) is 43.3 Å². The molecular weight excluding hydrogens is 276 g/mol. The smallest absolute Gasteiger partial charge is 0.254 e. The Morgan fingerprint density at radius 3 is 2.59 bits per heavy atom. The van der Waals surface area contributed by atoms with Gasteiger partial charge in [-0.05, 0) is 25.1 Å². The number of carbonyl (C=O) groups excluding carboxylic acids is 1. The summed E-state index contributed by atoms with van der Waals surface area (Å²) >= 11 is 0. The molecule has 118 valence electrons. The number of rotatable bonds is 5. The van der Waals surface area contributed by atoms with E-state index < -0.39 is 0 Å². The van der Waals surface area contributed by atoms with Crippen LogP contribution in [0.2, 0.25) is 0 Å². The Morgan fingerprint density at radius 2 is 1.91 bits per heavy atom. The molecule has 0 aliphatic carbocycles. The molecule has 0 aromatic heterocycles. The van der Waals surface area contributed by atoms with Crippen LogP contribution < -0.4 is 5.43 Å². The molecule has 0 saturated carbocycles. The quantitative estimate of drug-likeness (QED) is 0.661. The van der Waals surface area contributed by atoms with E-state index in [0.29, 0.717) is 6.54 Å². The van der Waals surface area contributed by atoms with E-state index in [1.165, 1.54) is 0 Å². The van der Waals surface area contributed by atoms with Crippen molar-refractivity contribution in [2.75, 3.05) is 39.8 Å². The Kier molecular flexibility index (Phi) is 6.30. The number of benzene rings is 1. The van der Waals surface area contributed by atoms with Crippen molar-refractivity contribution >= 4 is 18.2 Å². The highest BCUT2D eigenvalue weighted by atomic mass is 16.2. The van der Waals surface area contributed by atoms with Crippen molar-refractivity contribution in [1.82, 2.24) is 15.2 Å². The molecule has 0 spiro atoms. The lowest BCUT2D eigenvalue weighted by atomic mass is 10.1. The van der Waals surface area contributed by atoms with Crippen molar-refractivity contribution in [2.45, 2.75) is 6.92 Å². The molecule has 0 unspecified atom stereocenters. The van der Waals surface area contributed by atoms with Crippen LogP contribution in [0.1, 0.15) is 12.5 Å². The molecule has 0 radical (unpaired) electrons. The molecule has 1 aliphatic rings. The normalized spacial score (nSPS) is 17.8. The average molecular weight is 300 g/mol. The molecule has 1 amide bonds. The van der Waals surface area contributed by atoms with Crippen molar-refractivity contribution in [2.24, 2.45) is 5.10 Å². The molecule has 5 nitrogen and oxygen atoms in total. The Hall–Kier alpha value is -1.98. The number of hydrazone groups is 1. The minimum Gasteiger partial charge on any atom is -0.304 e. The van der Waals surface area contributed by atoms with Crippen molar-refractivity contribution in [3.63, 3.8) is 0 Å². The molecule has 5 heteroatoms. The Morgan fingerprint density at radius 1 is 1.23 bits per heavy atom. The lowest BCUT2D eigenvalue weighted by Gasteiger charge is -2.31. The highest BCUT2D eigenvalue weighted by Crippen LogP contribution is 2.04. The SMILES string of the molecule is CC(/C=N/NC(=O)CN1CCN(C)CC1)=C\c1ccccc1. The molecule has 1 saturated heterocycles. The van der Waals surface area contributed by atoms with Gasteiger partial charge < -0.3 is 4.90 Å². The van der Waals surface area contributed by atoms with Gasteiger partial charge >= 0.3 is 0 Å². The van der Waals surface area contributed by atoms with Gasteiger partial charge in [0.15, 0.2) is 0 Å². The second-order valence-corrected chi connectivity index (χ2v) is 5.67. The second-order valence-electron chi connectivity index (χ2n) is 5.67. The van der Waals surface area contributed by atoms with Gasteiger partial charge in [-0.2, -0.15) is 5.10 Å². The van der Waals surface area contributed by atoms with Crippen LogP contribution in [0.3, 0.4) is 0 Å². The number of nitrogens with one attached hydrogen (secondary N) is 1. The van der Waals surface area contributed by atoms with E-state index in [2.05, 4.69) is 27.4 Å². The van der Waals surface area contributed by atoms with Crippen LogP contribution in [0.5, 0.6) is 0 Å². The first-order valence-electron chi connectivity index (χ1n) is 7.59. The number of piperazine rings is 1. The monoisotopic (exact) mass is 300 g/mol. The fourth-order valence-corrected chi connectivity index (χ4v) is 2.30. The van der Waals surface area contributed by atoms with Crippen molar-refractivity contribution in [3.05, 3.63) is 41.5 Å². The minimum absolute atomic E-state index is 0.0617. The zero-order valence-corrected chi connectivity index (χ0v) is 13.3. The van der Waals surface area contributed by atoms with Gasteiger partial charge in [0.2, 0.25) is 0 Å². The highest BCUT2D eigenvalue weighted by Gasteiger charge is 2.15. The number of likely N-dealkylation sites (N-methyl/N-ethyl adjacent to an activating group) is 1. The molecule has 1 aromatic carbocycles. The van der Waals surface area contributed by atoms with Crippen LogP contribution >= 0.6 is 0 Å². The van der Waals surface area contributed by atoms with E-state index in [0.717, 1.165) is 37.3 Å². The van der Waals surface area contributed by atoms with Gasteiger partial charge in [-0.1, -0.05) is 36.4 Å². The van der Waals surface area contributed by atoms with Crippen LogP contribution in [-0.4, -0.2) is 61.7 Å². The van der Waals surface area contributed by atoms with Gasteiger partial charge in [-0.3, -0.25) is 9.69 Å². The van der Waals surface area contributed by atoms with Crippen LogP contribution in [0, 0.1) is 0 Å². The zero-order valence-electron chi connectivity index (χ0n) is 13.3. The van der Waals surface area contributed by atoms with Gasteiger partial charge in [0.25, 0.3) is 5.91 Å². The third-order valence-electron chi connectivity index (χ3n) is 3.61. The summed E-state index contributed by atoms with van der Waals surface area (Å²) in [5.74, 6) is -0.0617. The van der Waals surface area contributed by atoms with Gasteiger partial charge in [0, 0.05) is 26.2 Å². The molecule has 2 rings (SSSR count). The van der Waals surface area contributed by atoms with Crippen LogP contribution in [-0.2, 0) is 4.79 Å².